The van der Waals surface area contributed by atoms with Crippen molar-refractivity contribution in [2.45, 2.75) is 13.1 Å². The average Bonchev–Trinajstić information content (AvgIpc) is 2.62. The van der Waals surface area contributed by atoms with Crippen LogP contribution in [0.3, 0.4) is 0 Å². The number of rotatable bonds is 1. The van der Waals surface area contributed by atoms with Gasteiger partial charge in [-0.15, -0.1) is 0 Å². The fourth-order valence-electron chi connectivity index (χ4n) is 1.58. The van der Waals surface area contributed by atoms with E-state index < -0.39 is 11.7 Å². The first-order valence-electron chi connectivity index (χ1n) is 4.92. The Morgan fingerprint density at radius 2 is 2.00 bits per heavy atom. The van der Waals surface area contributed by atoms with Gasteiger partial charge in [0.05, 0.1) is 5.56 Å². The molecule has 0 spiro atoms. The molecule has 0 bridgehead atoms. The van der Waals surface area contributed by atoms with Gasteiger partial charge in [-0.2, -0.15) is 13.2 Å². The topological polar surface area (TPSA) is 38.5 Å². The van der Waals surface area contributed by atoms with Gasteiger partial charge < -0.3 is 15.4 Å². The zero-order valence-corrected chi connectivity index (χ0v) is 9.08. The molecule has 0 aromatic heterocycles. The van der Waals surface area contributed by atoms with E-state index in [0.29, 0.717) is 11.4 Å². The first kappa shape index (κ1) is 11.6. The summed E-state index contributed by atoms with van der Waals surface area (Å²) in [6.45, 7) is 1.93. The highest BCUT2D eigenvalue weighted by molar-refractivity contribution is 5.60. The zero-order valence-electron chi connectivity index (χ0n) is 9.08. The van der Waals surface area contributed by atoms with Crippen molar-refractivity contribution in [3.8, 4) is 0 Å². The molecule has 92 valence electrons. The Morgan fingerprint density at radius 1 is 1.29 bits per heavy atom. The van der Waals surface area contributed by atoms with Crippen molar-refractivity contribution < 1.29 is 17.9 Å². The van der Waals surface area contributed by atoms with Crippen LogP contribution in [0.5, 0.6) is 0 Å². The summed E-state index contributed by atoms with van der Waals surface area (Å²) in [7, 11) is 0. The van der Waals surface area contributed by atoms with E-state index in [-0.39, 0.29) is 12.4 Å². The highest BCUT2D eigenvalue weighted by Crippen LogP contribution is 2.34. The molecular formula is C11H11F3N2O. The van der Waals surface area contributed by atoms with Crippen molar-refractivity contribution in [2.24, 2.45) is 0 Å². The largest absolute Gasteiger partial charge is 0.476 e. The molecule has 0 amide bonds. The molecular weight excluding hydrogens is 233 g/mol. The third-order valence-corrected chi connectivity index (χ3v) is 2.37. The molecule has 1 aliphatic rings. The maximum Gasteiger partial charge on any atom is 0.416 e. The van der Waals surface area contributed by atoms with Crippen LogP contribution in [0.2, 0.25) is 0 Å². The van der Waals surface area contributed by atoms with Crippen molar-refractivity contribution in [2.75, 3.05) is 17.4 Å². The molecule has 0 saturated heterocycles. The van der Waals surface area contributed by atoms with E-state index in [2.05, 4.69) is 0 Å². The Kier molecular flexibility index (Phi) is 2.65. The molecule has 3 nitrogen and oxygen atoms in total. The highest BCUT2D eigenvalue weighted by atomic mass is 19.4. The summed E-state index contributed by atoms with van der Waals surface area (Å²) in [4.78, 5) is 1.57. The Morgan fingerprint density at radius 3 is 2.53 bits per heavy atom. The zero-order chi connectivity index (χ0) is 12.6. The number of nitrogens with zero attached hydrogens (tertiary/aromatic N) is 1. The van der Waals surface area contributed by atoms with Gasteiger partial charge in [0, 0.05) is 17.6 Å². The maximum atomic E-state index is 12.6. The van der Waals surface area contributed by atoms with Gasteiger partial charge in [-0.3, -0.25) is 0 Å². The summed E-state index contributed by atoms with van der Waals surface area (Å²) in [5.74, 6) is 0.654. The number of nitrogens with two attached hydrogens (primary N) is 1. The van der Waals surface area contributed by atoms with Crippen LogP contribution in [0.4, 0.5) is 24.5 Å². The fourth-order valence-corrected chi connectivity index (χ4v) is 1.58. The Bertz CT molecular complexity index is 468. The number of hydrogen-bond donors (Lipinski definition) is 1. The molecule has 1 aliphatic heterocycles. The predicted octanol–water partition coefficient (Wildman–Crippen LogP) is 2.94. The summed E-state index contributed by atoms with van der Waals surface area (Å²) < 4.78 is 42.9. The van der Waals surface area contributed by atoms with Gasteiger partial charge in [-0.25, -0.2) is 0 Å². The number of allylic oxidation sites excluding steroid dienone is 1. The fraction of sp³-hybridized carbons (Fsp3) is 0.273. The van der Waals surface area contributed by atoms with Crippen LogP contribution in [0.25, 0.3) is 0 Å². The second-order valence-electron chi connectivity index (χ2n) is 3.79. The smallest absolute Gasteiger partial charge is 0.416 e. The molecule has 1 aromatic carbocycles. The molecule has 6 heteroatoms. The van der Waals surface area contributed by atoms with Crippen LogP contribution in [-0.2, 0) is 10.9 Å². The molecule has 0 radical (unpaired) electrons. The lowest BCUT2D eigenvalue weighted by Gasteiger charge is -2.16. The molecule has 0 unspecified atom stereocenters. The van der Waals surface area contributed by atoms with Crippen molar-refractivity contribution >= 4 is 11.4 Å². The molecule has 0 aliphatic carbocycles. The molecule has 1 heterocycles. The van der Waals surface area contributed by atoms with Gasteiger partial charge in [-0.1, -0.05) is 0 Å². The summed E-state index contributed by atoms with van der Waals surface area (Å²) >= 11 is 0. The molecule has 0 saturated carbocycles. The third-order valence-electron chi connectivity index (χ3n) is 2.37. The van der Waals surface area contributed by atoms with E-state index in [4.69, 9.17) is 10.5 Å². The lowest BCUT2D eigenvalue weighted by atomic mass is 10.1. The third kappa shape index (κ3) is 2.46. The quantitative estimate of drug-likeness (QED) is 0.772. The monoisotopic (exact) mass is 244 g/mol. The number of hydrogen-bond acceptors (Lipinski definition) is 3. The molecule has 2 N–H and O–H groups in total. The van der Waals surface area contributed by atoms with E-state index in [9.17, 15) is 13.2 Å². The van der Waals surface area contributed by atoms with Crippen molar-refractivity contribution in [1.82, 2.24) is 0 Å². The number of anilines is 2. The summed E-state index contributed by atoms with van der Waals surface area (Å²) in [5, 5.41) is 0. The van der Waals surface area contributed by atoms with E-state index in [1.807, 2.05) is 0 Å². The number of nitrogen functional groups attached to an aromatic ring is 1. The first-order chi connectivity index (χ1) is 7.86. The lowest BCUT2D eigenvalue weighted by Crippen LogP contribution is -2.15. The van der Waals surface area contributed by atoms with Crippen LogP contribution >= 0.6 is 0 Å². The van der Waals surface area contributed by atoms with Gasteiger partial charge in [0.15, 0.2) is 6.73 Å². The molecule has 0 fully saturated rings. The SMILES string of the molecule is CC1=CN(c2cc(N)cc(C(F)(F)F)c2)CO1. The van der Waals surface area contributed by atoms with Crippen LogP contribution in [-0.4, -0.2) is 6.73 Å². The van der Waals surface area contributed by atoms with Gasteiger partial charge in [-0.05, 0) is 25.1 Å². The number of benzene rings is 1. The summed E-state index contributed by atoms with van der Waals surface area (Å²) in [5.41, 5.74) is 5.16. The van der Waals surface area contributed by atoms with Crippen LogP contribution in [0.1, 0.15) is 12.5 Å². The van der Waals surface area contributed by atoms with E-state index in [0.717, 1.165) is 12.1 Å². The second-order valence-corrected chi connectivity index (χ2v) is 3.79. The Labute approximate surface area is 96.3 Å². The predicted molar refractivity (Wildman–Crippen MR) is 58.0 cm³/mol. The first-order valence-corrected chi connectivity index (χ1v) is 4.92. The van der Waals surface area contributed by atoms with Crippen molar-refractivity contribution in [3.05, 3.63) is 35.7 Å². The normalized spacial score (nSPS) is 15.8. The number of alkyl halides is 3. The van der Waals surface area contributed by atoms with Crippen LogP contribution in [0, 0.1) is 0 Å². The van der Waals surface area contributed by atoms with Crippen molar-refractivity contribution in [3.63, 3.8) is 0 Å². The molecule has 0 atom stereocenters. The van der Waals surface area contributed by atoms with E-state index >= 15 is 0 Å². The molecule has 17 heavy (non-hydrogen) atoms. The molecule has 1 aromatic rings. The van der Waals surface area contributed by atoms with Gasteiger partial charge in [0.1, 0.15) is 5.76 Å². The van der Waals surface area contributed by atoms with Crippen LogP contribution < -0.4 is 10.6 Å². The standard InChI is InChI=1S/C11H11F3N2O/c1-7-5-16(6-17-7)10-3-8(11(12,13)14)2-9(15)4-10/h2-5H,6,15H2,1H3. The van der Waals surface area contributed by atoms with Gasteiger partial charge in [0.2, 0.25) is 0 Å². The Balaban J connectivity index is 2.39. The maximum absolute atomic E-state index is 12.6. The minimum absolute atomic E-state index is 0.0766. The average molecular weight is 244 g/mol. The summed E-state index contributed by atoms with van der Waals surface area (Å²) in [6, 6.07) is 3.44. The van der Waals surface area contributed by atoms with Crippen molar-refractivity contribution in [1.29, 1.82) is 0 Å². The minimum atomic E-state index is -4.40. The molecule has 2 rings (SSSR count). The van der Waals surface area contributed by atoms with E-state index in [1.54, 1.807) is 18.0 Å². The van der Waals surface area contributed by atoms with Gasteiger partial charge >= 0.3 is 6.18 Å². The number of halogens is 3. The minimum Gasteiger partial charge on any atom is -0.476 e. The van der Waals surface area contributed by atoms with Gasteiger partial charge in [0.25, 0.3) is 0 Å². The Hall–Kier alpha value is -1.85. The highest BCUT2D eigenvalue weighted by Gasteiger charge is 2.31. The number of ether oxygens (including phenoxy) is 1. The summed E-state index contributed by atoms with van der Waals surface area (Å²) in [6.07, 6.45) is -2.77. The van der Waals surface area contributed by atoms with Crippen LogP contribution in [0.15, 0.2) is 30.2 Å². The lowest BCUT2D eigenvalue weighted by molar-refractivity contribution is -0.137. The second kappa shape index (κ2) is 3.87. The van der Waals surface area contributed by atoms with E-state index in [1.165, 1.54) is 6.07 Å².